The maximum atomic E-state index is 13.5. The van der Waals surface area contributed by atoms with Gasteiger partial charge in [0.05, 0.1) is 17.5 Å². The molecule has 3 aliphatic rings. The van der Waals surface area contributed by atoms with Crippen molar-refractivity contribution in [3.8, 4) is 0 Å². The second-order valence-electron chi connectivity index (χ2n) is 7.78. The van der Waals surface area contributed by atoms with Gasteiger partial charge < -0.3 is 4.74 Å². The van der Waals surface area contributed by atoms with Crippen LogP contribution in [0.15, 0.2) is 59.9 Å². The number of benzene rings is 1. The van der Waals surface area contributed by atoms with Gasteiger partial charge in [-0.3, -0.25) is 14.5 Å². The molecular weight excluding hydrogens is 352 g/mol. The average Bonchev–Trinajstić information content (AvgIpc) is 3.02. The summed E-state index contributed by atoms with van der Waals surface area (Å²) < 4.78 is 6.17. The second-order valence-corrected chi connectivity index (χ2v) is 7.78. The number of hydrogen-bond acceptors (Lipinski definition) is 4. The molecular formula is C23H22N2O3. The monoisotopic (exact) mass is 374 g/mol. The summed E-state index contributed by atoms with van der Waals surface area (Å²) in [4.78, 5) is 33.1. The molecule has 28 heavy (non-hydrogen) atoms. The van der Waals surface area contributed by atoms with Crippen molar-refractivity contribution in [3.63, 3.8) is 0 Å². The standard InChI is InChI=1S/C23H22N2O3/c1-14-8-7-13-18(24-14)25-20(15-9-3-2-4-10-15)19-21(26)16-11-5-6-12-17(16)28-22(19)23(25)27/h2-4,7-10,13,16-17,20H,5-6,11-12H2,1H3. The molecule has 1 amide bonds. The number of ether oxygens (including phenoxy) is 1. The van der Waals surface area contributed by atoms with E-state index in [1.807, 2.05) is 55.5 Å². The van der Waals surface area contributed by atoms with Crippen LogP contribution in [0.5, 0.6) is 0 Å². The van der Waals surface area contributed by atoms with Crippen LogP contribution in [0.4, 0.5) is 5.82 Å². The number of aromatic nitrogens is 1. The first-order valence-electron chi connectivity index (χ1n) is 9.92. The Morgan fingerprint density at radius 2 is 1.79 bits per heavy atom. The lowest BCUT2D eigenvalue weighted by atomic mass is 9.77. The summed E-state index contributed by atoms with van der Waals surface area (Å²) in [5, 5.41) is 0. The van der Waals surface area contributed by atoms with Crippen molar-refractivity contribution in [1.29, 1.82) is 0 Å². The molecule has 142 valence electrons. The van der Waals surface area contributed by atoms with Gasteiger partial charge in [0.15, 0.2) is 11.5 Å². The number of Topliss-reactive ketones (excluding diaryl/α,β-unsaturated/α-hetero) is 1. The van der Waals surface area contributed by atoms with Gasteiger partial charge in [-0.15, -0.1) is 0 Å². The number of pyridine rings is 1. The molecule has 5 nitrogen and oxygen atoms in total. The first-order valence-corrected chi connectivity index (χ1v) is 9.92. The van der Waals surface area contributed by atoms with Gasteiger partial charge in [-0.05, 0) is 43.9 Å². The number of ketones is 1. The molecule has 3 unspecified atom stereocenters. The van der Waals surface area contributed by atoms with Crippen LogP contribution >= 0.6 is 0 Å². The largest absolute Gasteiger partial charge is 0.483 e. The van der Waals surface area contributed by atoms with E-state index >= 15 is 0 Å². The number of aryl methyl sites for hydroxylation is 1. The number of hydrogen-bond donors (Lipinski definition) is 0. The van der Waals surface area contributed by atoms with Crippen molar-refractivity contribution in [2.45, 2.75) is 44.8 Å². The van der Waals surface area contributed by atoms with E-state index in [0.717, 1.165) is 36.9 Å². The quantitative estimate of drug-likeness (QED) is 0.800. The average molecular weight is 374 g/mol. The summed E-state index contributed by atoms with van der Waals surface area (Å²) >= 11 is 0. The minimum absolute atomic E-state index is 0.0725. The Kier molecular flexibility index (Phi) is 4.04. The molecule has 1 aromatic carbocycles. The molecule has 1 fully saturated rings. The normalized spacial score (nSPS) is 26.8. The molecule has 2 aromatic rings. The van der Waals surface area contributed by atoms with Crippen molar-refractivity contribution in [2.75, 3.05) is 4.90 Å². The van der Waals surface area contributed by atoms with Crippen LogP contribution in [-0.4, -0.2) is 22.8 Å². The third-order valence-corrected chi connectivity index (χ3v) is 6.00. The van der Waals surface area contributed by atoms with Gasteiger partial charge in [-0.25, -0.2) is 4.98 Å². The van der Waals surface area contributed by atoms with Crippen molar-refractivity contribution in [1.82, 2.24) is 4.98 Å². The molecule has 0 N–H and O–H groups in total. The summed E-state index contributed by atoms with van der Waals surface area (Å²) in [7, 11) is 0. The zero-order valence-electron chi connectivity index (χ0n) is 15.8. The zero-order chi connectivity index (χ0) is 19.3. The van der Waals surface area contributed by atoms with Gasteiger partial charge >= 0.3 is 0 Å². The smallest absolute Gasteiger partial charge is 0.295 e. The van der Waals surface area contributed by atoms with Gasteiger partial charge in [0.25, 0.3) is 5.91 Å². The van der Waals surface area contributed by atoms with Gasteiger partial charge in [0.1, 0.15) is 11.9 Å². The van der Waals surface area contributed by atoms with Crippen molar-refractivity contribution < 1.29 is 14.3 Å². The SMILES string of the molecule is Cc1cccc(N2C(=O)C3=C(C(=O)C4CCCCC4O3)C2c2ccccc2)n1. The molecule has 5 rings (SSSR count). The van der Waals surface area contributed by atoms with Gasteiger partial charge in [0.2, 0.25) is 0 Å². The van der Waals surface area contributed by atoms with E-state index < -0.39 is 6.04 Å². The molecule has 0 radical (unpaired) electrons. The zero-order valence-corrected chi connectivity index (χ0v) is 15.8. The van der Waals surface area contributed by atoms with Gasteiger partial charge in [-0.2, -0.15) is 0 Å². The van der Waals surface area contributed by atoms with Crippen molar-refractivity contribution >= 4 is 17.5 Å². The van der Waals surface area contributed by atoms with E-state index in [1.54, 1.807) is 4.90 Å². The van der Waals surface area contributed by atoms with E-state index in [9.17, 15) is 9.59 Å². The number of fused-ring (bicyclic) bond motifs is 1. The van der Waals surface area contributed by atoms with Crippen LogP contribution in [0.2, 0.25) is 0 Å². The number of anilines is 1. The van der Waals surface area contributed by atoms with Crippen molar-refractivity contribution in [3.05, 3.63) is 71.1 Å². The van der Waals surface area contributed by atoms with Crippen LogP contribution in [0.25, 0.3) is 0 Å². The molecule has 1 aliphatic carbocycles. The lowest BCUT2D eigenvalue weighted by Crippen LogP contribution is -2.39. The predicted octanol–water partition coefficient (Wildman–Crippen LogP) is 3.89. The highest BCUT2D eigenvalue weighted by molar-refractivity contribution is 6.17. The Bertz CT molecular complexity index is 982. The van der Waals surface area contributed by atoms with Crippen LogP contribution in [0.3, 0.4) is 0 Å². The van der Waals surface area contributed by atoms with E-state index in [4.69, 9.17) is 4.74 Å². The summed E-state index contributed by atoms with van der Waals surface area (Å²) in [6.07, 6.45) is 3.56. The molecule has 5 heteroatoms. The van der Waals surface area contributed by atoms with Gasteiger partial charge in [-0.1, -0.05) is 42.8 Å². The number of amides is 1. The lowest BCUT2D eigenvalue weighted by molar-refractivity contribution is -0.131. The summed E-state index contributed by atoms with van der Waals surface area (Å²) in [5.74, 6) is 0.442. The summed E-state index contributed by atoms with van der Waals surface area (Å²) in [5.41, 5.74) is 2.22. The third kappa shape index (κ3) is 2.57. The van der Waals surface area contributed by atoms with E-state index in [-0.39, 0.29) is 29.5 Å². The second kappa shape index (κ2) is 6.59. The van der Waals surface area contributed by atoms with E-state index in [0.29, 0.717) is 11.4 Å². The van der Waals surface area contributed by atoms with E-state index in [1.165, 1.54) is 0 Å². The van der Waals surface area contributed by atoms with Crippen LogP contribution in [0.1, 0.15) is 43.0 Å². The highest BCUT2D eigenvalue weighted by Crippen LogP contribution is 2.47. The molecule has 0 bridgehead atoms. The molecule has 1 aromatic heterocycles. The van der Waals surface area contributed by atoms with Crippen molar-refractivity contribution in [2.24, 2.45) is 5.92 Å². The maximum absolute atomic E-state index is 13.5. The molecule has 3 atom stereocenters. The fraction of sp³-hybridized carbons (Fsp3) is 0.348. The Morgan fingerprint density at radius 3 is 2.57 bits per heavy atom. The predicted molar refractivity (Wildman–Crippen MR) is 105 cm³/mol. The minimum atomic E-state index is -0.492. The Labute approximate surface area is 164 Å². The fourth-order valence-electron chi connectivity index (χ4n) is 4.69. The minimum Gasteiger partial charge on any atom is -0.483 e. The molecule has 3 heterocycles. The van der Waals surface area contributed by atoms with Gasteiger partial charge in [0, 0.05) is 5.69 Å². The molecule has 2 aliphatic heterocycles. The Morgan fingerprint density at radius 1 is 1.00 bits per heavy atom. The van der Waals surface area contributed by atoms with Crippen LogP contribution in [0, 0.1) is 12.8 Å². The third-order valence-electron chi connectivity index (χ3n) is 6.00. The topological polar surface area (TPSA) is 59.5 Å². The summed E-state index contributed by atoms with van der Waals surface area (Å²) in [6, 6.07) is 14.8. The lowest BCUT2D eigenvalue weighted by Gasteiger charge is -2.35. The van der Waals surface area contributed by atoms with E-state index in [2.05, 4.69) is 4.98 Å². The van der Waals surface area contributed by atoms with Crippen LogP contribution < -0.4 is 4.90 Å². The fourth-order valence-corrected chi connectivity index (χ4v) is 4.69. The maximum Gasteiger partial charge on any atom is 0.295 e. The highest BCUT2D eigenvalue weighted by atomic mass is 16.5. The Balaban J connectivity index is 1.66. The molecule has 1 saturated carbocycles. The molecule has 0 saturated heterocycles. The number of carbonyl (C=O) groups is 2. The first-order chi connectivity index (χ1) is 13.6. The molecule has 0 spiro atoms. The number of carbonyl (C=O) groups excluding carboxylic acids is 2. The first kappa shape index (κ1) is 17.2. The number of rotatable bonds is 2. The summed E-state index contributed by atoms with van der Waals surface area (Å²) in [6.45, 7) is 1.89. The Hall–Kier alpha value is -2.95. The number of nitrogens with zero attached hydrogens (tertiary/aromatic N) is 2. The highest BCUT2D eigenvalue weighted by Gasteiger charge is 2.52. The van der Waals surface area contributed by atoms with Crippen LogP contribution in [-0.2, 0) is 14.3 Å².